The first-order valence-corrected chi connectivity index (χ1v) is 6.25. The zero-order chi connectivity index (χ0) is 12.5. The Bertz CT molecular complexity index is 681. The van der Waals surface area contributed by atoms with Gasteiger partial charge in [0.05, 0.1) is 12.1 Å². The second-order valence-electron chi connectivity index (χ2n) is 3.86. The molecular formula is C13H9NO3S. The van der Waals surface area contributed by atoms with Gasteiger partial charge in [-0.05, 0) is 12.1 Å². The SMILES string of the molecule is O=C(O)Cc1csc(-c2cc3ccccc3o2)n1. The second-order valence-corrected chi connectivity index (χ2v) is 4.72. The maximum Gasteiger partial charge on any atom is 0.309 e. The van der Waals surface area contributed by atoms with E-state index in [1.807, 2.05) is 30.3 Å². The number of hydrogen-bond donors (Lipinski definition) is 1. The van der Waals surface area contributed by atoms with Crippen LogP contribution in [0.1, 0.15) is 5.69 Å². The number of furan rings is 1. The number of aliphatic carboxylic acids is 1. The molecule has 0 bridgehead atoms. The van der Waals surface area contributed by atoms with E-state index in [1.54, 1.807) is 5.38 Å². The van der Waals surface area contributed by atoms with Gasteiger partial charge in [0.15, 0.2) is 10.8 Å². The van der Waals surface area contributed by atoms with Crippen LogP contribution in [0.4, 0.5) is 0 Å². The highest BCUT2D eigenvalue weighted by molar-refractivity contribution is 7.13. The van der Waals surface area contributed by atoms with Crippen LogP contribution in [0.15, 0.2) is 40.1 Å². The van der Waals surface area contributed by atoms with Gasteiger partial charge in [0.25, 0.3) is 0 Å². The predicted molar refractivity (Wildman–Crippen MR) is 68.7 cm³/mol. The summed E-state index contributed by atoms with van der Waals surface area (Å²) in [6, 6.07) is 9.63. The quantitative estimate of drug-likeness (QED) is 0.784. The highest BCUT2D eigenvalue weighted by Crippen LogP contribution is 2.29. The predicted octanol–water partition coefficient (Wildman–Crippen LogP) is 3.18. The summed E-state index contributed by atoms with van der Waals surface area (Å²) < 4.78 is 5.67. The number of hydrogen-bond acceptors (Lipinski definition) is 4. The third-order valence-electron chi connectivity index (χ3n) is 2.52. The van der Waals surface area contributed by atoms with Crippen molar-refractivity contribution in [3.05, 3.63) is 41.4 Å². The fourth-order valence-corrected chi connectivity index (χ4v) is 2.51. The van der Waals surface area contributed by atoms with Crippen molar-refractivity contribution in [2.75, 3.05) is 0 Å². The Morgan fingerprint density at radius 3 is 3.00 bits per heavy atom. The van der Waals surface area contributed by atoms with Crippen LogP contribution < -0.4 is 0 Å². The summed E-state index contributed by atoms with van der Waals surface area (Å²) >= 11 is 1.39. The van der Waals surface area contributed by atoms with E-state index >= 15 is 0 Å². The monoisotopic (exact) mass is 259 g/mol. The molecule has 0 aliphatic carbocycles. The molecule has 3 rings (SSSR count). The van der Waals surface area contributed by atoms with Crippen molar-refractivity contribution < 1.29 is 14.3 Å². The van der Waals surface area contributed by atoms with E-state index in [9.17, 15) is 4.79 Å². The number of aromatic nitrogens is 1. The van der Waals surface area contributed by atoms with E-state index in [2.05, 4.69) is 4.98 Å². The molecule has 0 atom stereocenters. The summed E-state index contributed by atoms with van der Waals surface area (Å²) in [5, 5.41) is 12.2. The van der Waals surface area contributed by atoms with Crippen LogP contribution in [0, 0.1) is 0 Å². The van der Waals surface area contributed by atoms with E-state index in [0.29, 0.717) is 16.5 Å². The summed E-state index contributed by atoms with van der Waals surface area (Å²) in [6.45, 7) is 0. The molecule has 0 radical (unpaired) electrons. The van der Waals surface area contributed by atoms with Crippen molar-refractivity contribution in [1.82, 2.24) is 4.98 Å². The number of carboxylic acids is 1. The average molecular weight is 259 g/mol. The minimum Gasteiger partial charge on any atom is -0.481 e. The largest absolute Gasteiger partial charge is 0.481 e. The molecule has 18 heavy (non-hydrogen) atoms. The van der Waals surface area contributed by atoms with Crippen LogP contribution in [0.5, 0.6) is 0 Å². The molecule has 0 saturated carbocycles. The molecule has 0 spiro atoms. The average Bonchev–Trinajstić information content (AvgIpc) is 2.93. The molecule has 0 amide bonds. The van der Waals surface area contributed by atoms with Crippen molar-refractivity contribution >= 4 is 28.3 Å². The van der Waals surface area contributed by atoms with Crippen LogP contribution in [-0.4, -0.2) is 16.1 Å². The number of para-hydroxylation sites is 1. The van der Waals surface area contributed by atoms with E-state index in [4.69, 9.17) is 9.52 Å². The van der Waals surface area contributed by atoms with E-state index < -0.39 is 5.97 Å². The van der Waals surface area contributed by atoms with Crippen LogP contribution >= 0.6 is 11.3 Å². The van der Waals surface area contributed by atoms with Gasteiger partial charge in [0.2, 0.25) is 0 Å². The number of thiazole rings is 1. The molecule has 0 aliphatic heterocycles. The normalized spacial score (nSPS) is 10.9. The summed E-state index contributed by atoms with van der Waals surface area (Å²) in [7, 11) is 0. The van der Waals surface area contributed by atoms with Crippen LogP contribution in [0.25, 0.3) is 21.7 Å². The highest BCUT2D eigenvalue weighted by atomic mass is 32.1. The Kier molecular flexibility index (Phi) is 2.60. The lowest BCUT2D eigenvalue weighted by atomic mass is 10.2. The lowest BCUT2D eigenvalue weighted by molar-refractivity contribution is -0.136. The Morgan fingerprint density at radius 2 is 2.22 bits per heavy atom. The summed E-state index contributed by atoms with van der Waals surface area (Å²) in [6.07, 6.45) is -0.0588. The zero-order valence-corrected chi connectivity index (χ0v) is 10.1. The number of rotatable bonds is 3. The van der Waals surface area contributed by atoms with Crippen molar-refractivity contribution in [3.63, 3.8) is 0 Å². The molecule has 0 unspecified atom stereocenters. The molecule has 4 nitrogen and oxygen atoms in total. The first kappa shape index (κ1) is 11.0. The summed E-state index contributed by atoms with van der Waals surface area (Å²) in [5.74, 6) is -0.200. The topological polar surface area (TPSA) is 63.3 Å². The van der Waals surface area contributed by atoms with Gasteiger partial charge in [0, 0.05) is 10.8 Å². The molecule has 2 heterocycles. The first-order chi connectivity index (χ1) is 8.72. The van der Waals surface area contributed by atoms with Gasteiger partial charge in [-0.3, -0.25) is 4.79 Å². The summed E-state index contributed by atoms with van der Waals surface area (Å²) in [4.78, 5) is 14.9. The fraction of sp³-hybridized carbons (Fsp3) is 0.0769. The molecule has 0 fully saturated rings. The molecule has 0 aliphatic rings. The Morgan fingerprint density at radius 1 is 1.39 bits per heavy atom. The van der Waals surface area contributed by atoms with E-state index in [-0.39, 0.29) is 6.42 Å². The van der Waals surface area contributed by atoms with Gasteiger partial charge in [0.1, 0.15) is 5.58 Å². The molecular weight excluding hydrogens is 250 g/mol. The van der Waals surface area contributed by atoms with Crippen molar-refractivity contribution in [2.24, 2.45) is 0 Å². The number of carbonyl (C=O) groups is 1. The van der Waals surface area contributed by atoms with Crippen molar-refractivity contribution in [2.45, 2.75) is 6.42 Å². The van der Waals surface area contributed by atoms with Crippen LogP contribution in [0.3, 0.4) is 0 Å². The first-order valence-electron chi connectivity index (χ1n) is 5.37. The van der Waals surface area contributed by atoms with Crippen LogP contribution in [-0.2, 0) is 11.2 Å². The molecule has 0 saturated heterocycles. The molecule has 3 aromatic rings. The standard InChI is InChI=1S/C13H9NO3S/c15-12(16)6-9-7-18-13(14-9)11-5-8-3-1-2-4-10(8)17-11/h1-5,7H,6H2,(H,15,16). The second kappa shape index (κ2) is 4.27. The number of benzene rings is 1. The lowest BCUT2D eigenvalue weighted by Crippen LogP contribution is -1.99. The number of nitrogens with zero attached hydrogens (tertiary/aromatic N) is 1. The van der Waals surface area contributed by atoms with Crippen LogP contribution in [0.2, 0.25) is 0 Å². The Balaban J connectivity index is 1.98. The van der Waals surface area contributed by atoms with Gasteiger partial charge in [-0.15, -0.1) is 11.3 Å². The minimum atomic E-state index is -0.878. The number of carboxylic acid groups (broad SMARTS) is 1. The molecule has 90 valence electrons. The number of fused-ring (bicyclic) bond motifs is 1. The molecule has 2 aromatic heterocycles. The maximum atomic E-state index is 10.6. The Labute approximate surface area is 107 Å². The zero-order valence-electron chi connectivity index (χ0n) is 9.29. The van der Waals surface area contributed by atoms with Gasteiger partial charge in [-0.25, -0.2) is 4.98 Å². The summed E-state index contributed by atoms with van der Waals surface area (Å²) in [5.41, 5.74) is 1.37. The molecule has 5 heteroatoms. The van der Waals surface area contributed by atoms with Crippen molar-refractivity contribution in [3.8, 4) is 10.8 Å². The van der Waals surface area contributed by atoms with Gasteiger partial charge >= 0.3 is 5.97 Å². The fourth-order valence-electron chi connectivity index (χ4n) is 1.74. The minimum absolute atomic E-state index is 0.0588. The van der Waals surface area contributed by atoms with Crippen molar-refractivity contribution in [1.29, 1.82) is 0 Å². The van der Waals surface area contributed by atoms with E-state index in [1.165, 1.54) is 11.3 Å². The Hall–Kier alpha value is -2.14. The van der Waals surface area contributed by atoms with Gasteiger partial charge in [-0.2, -0.15) is 0 Å². The highest BCUT2D eigenvalue weighted by Gasteiger charge is 2.11. The van der Waals surface area contributed by atoms with E-state index in [0.717, 1.165) is 11.0 Å². The van der Waals surface area contributed by atoms with Gasteiger partial charge < -0.3 is 9.52 Å². The third kappa shape index (κ3) is 2.00. The smallest absolute Gasteiger partial charge is 0.309 e. The third-order valence-corrected chi connectivity index (χ3v) is 3.43. The van der Waals surface area contributed by atoms with Gasteiger partial charge in [-0.1, -0.05) is 18.2 Å². The lowest BCUT2D eigenvalue weighted by Gasteiger charge is -1.88. The maximum absolute atomic E-state index is 10.6. The molecule has 1 aromatic carbocycles. The molecule has 1 N–H and O–H groups in total.